The number of anilines is 1. The van der Waals surface area contributed by atoms with Crippen molar-refractivity contribution >= 4 is 40.9 Å². The predicted octanol–water partition coefficient (Wildman–Crippen LogP) is 3.26. The largest absolute Gasteiger partial charge is 0.415 e. The number of hydrogen-bond donors (Lipinski definition) is 1. The number of hydrogen-bond acceptors (Lipinski definition) is 7. The minimum absolute atomic E-state index is 0.0343. The number of ketones is 1. The molecule has 0 bridgehead atoms. The van der Waals surface area contributed by atoms with Crippen LogP contribution in [0.4, 0.5) is 5.69 Å². The van der Waals surface area contributed by atoms with Gasteiger partial charge in [0.25, 0.3) is 5.22 Å². The molecule has 23 heavy (non-hydrogen) atoms. The minimum atomic E-state index is -0.0583. The van der Waals surface area contributed by atoms with Crippen molar-refractivity contribution < 1.29 is 14.0 Å². The van der Waals surface area contributed by atoms with E-state index in [0.29, 0.717) is 34.5 Å². The normalized spacial score (nSPS) is 10.5. The van der Waals surface area contributed by atoms with Gasteiger partial charge < -0.3 is 9.73 Å². The van der Waals surface area contributed by atoms with Gasteiger partial charge in [0, 0.05) is 17.7 Å². The zero-order valence-corrected chi connectivity index (χ0v) is 14.5. The molecule has 1 aromatic heterocycles. The lowest BCUT2D eigenvalue weighted by molar-refractivity contribution is -0.115. The van der Waals surface area contributed by atoms with Gasteiger partial charge in [0.15, 0.2) is 5.78 Å². The molecule has 1 heterocycles. The van der Waals surface area contributed by atoms with E-state index in [9.17, 15) is 9.59 Å². The maximum absolute atomic E-state index is 12.1. The summed E-state index contributed by atoms with van der Waals surface area (Å²) in [5.41, 5.74) is 1.26. The minimum Gasteiger partial charge on any atom is -0.415 e. The number of amides is 1. The molecular weight excluding hydrogens is 334 g/mol. The van der Waals surface area contributed by atoms with Crippen LogP contribution in [-0.4, -0.2) is 33.9 Å². The summed E-state index contributed by atoms with van der Waals surface area (Å²) in [5.74, 6) is 1.35. The second kappa shape index (κ2) is 8.73. The number of carbonyl (C=O) groups is 2. The molecular formula is C15H17N3O3S2. The third-order valence-corrected chi connectivity index (χ3v) is 4.21. The SMILES string of the molecule is CCC(=O)Nc1ccc(C(=O)CSc2nnc(CSC)o2)cc1. The molecule has 2 rings (SSSR count). The van der Waals surface area contributed by atoms with Crippen LogP contribution in [0, 0.1) is 0 Å². The monoisotopic (exact) mass is 351 g/mol. The van der Waals surface area contributed by atoms with E-state index in [2.05, 4.69) is 15.5 Å². The van der Waals surface area contributed by atoms with E-state index in [1.165, 1.54) is 11.8 Å². The summed E-state index contributed by atoms with van der Waals surface area (Å²) < 4.78 is 5.41. The standard InChI is InChI=1S/C15H17N3O3S2/c1-3-13(20)16-11-6-4-10(5-7-11)12(19)8-23-15-18-17-14(21-15)9-22-2/h4-7H,3,8-9H2,1-2H3,(H,16,20). The van der Waals surface area contributed by atoms with Gasteiger partial charge in [-0.1, -0.05) is 18.7 Å². The van der Waals surface area contributed by atoms with Gasteiger partial charge in [0.2, 0.25) is 11.8 Å². The fraction of sp³-hybridized carbons (Fsp3) is 0.333. The van der Waals surface area contributed by atoms with E-state index in [1.54, 1.807) is 43.0 Å². The van der Waals surface area contributed by atoms with Crippen molar-refractivity contribution in [3.63, 3.8) is 0 Å². The number of benzene rings is 1. The third kappa shape index (κ3) is 5.40. The van der Waals surface area contributed by atoms with Crippen LogP contribution in [0.5, 0.6) is 0 Å². The van der Waals surface area contributed by atoms with Crippen molar-refractivity contribution in [1.82, 2.24) is 10.2 Å². The lowest BCUT2D eigenvalue weighted by atomic mass is 10.1. The second-order valence-corrected chi connectivity index (χ2v) is 6.38. The molecule has 6 nitrogen and oxygen atoms in total. The van der Waals surface area contributed by atoms with Gasteiger partial charge in [-0.3, -0.25) is 9.59 Å². The highest BCUT2D eigenvalue weighted by molar-refractivity contribution is 7.99. The first-order valence-electron chi connectivity index (χ1n) is 6.99. The van der Waals surface area contributed by atoms with Crippen LogP contribution in [0.1, 0.15) is 29.6 Å². The smallest absolute Gasteiger partial charge is 0.277 e. The van der Waals surface area contributed by atoms with Gasteiger partial charge >= 0.3 is 0 Å². The molecule has 0 unspecified atom stereocenters. The van der Waals surface area contributed by atoms with Crippen LogP contribution in [-0.2, 0) is 10.5 Å². The van der Waals surface area contributed by atoms with Gasteiger partial charge in [-0.2, -0.15) is 11.8 Å². The average Bonchev–Trinajstić information content (AvgIpc) is 3.01. The molecule has 0 aliphatic carbocycles. The van der Waals surface area contributed by atoms with Gasteiger partial charge in [0.05, 0.1) is 11.5 Å². The lowest BCUT2D eigenvalue weighted by Gasteiger charge is -2.04. The summed E-state index contributed by atoms with van der Waals surface area (Å²) >= 11 is 2.81. The van der Waals surface area contributed by atoms with Gasteiger partial charge in [0.1, 0.15) is 0 Å². The average molecular weight is 351 g/mol. The molecule has 1 N–H and O–H groups in total. The Labute approximate surface area is 142 Å². The van der Waals surface area contributed by atoms with Gasteiger partial charge in [-0.25, -0.2) is 0 Å². The quantitative estimate of drug-likeness (QED) is 0.577. The van der Waals surface area contributed by atoms with Crippen molar-refractivity contribution in [1.29, 1.82) is 0 Å². The van der Waals surface area contributed by atoms with E-state index < -0.39 is 0 Å². The Hall–Kier alpha value is -1.80. The number of thioether (sulfide) groups is 2. The second-order valence-electron chi connectivity index (χ2n) is 4.59. The Kier molecular flexibility index (Phi) is 6.66. The molecule has 0 radical (unpaired) electrons. The molecule has 0 fully saturated rings. The lowest BCUT2D eigenvalue weighted by Crippen LogP contribution is -2.09. The number of carbonyl (C=O) groups excluding carboxylic acids is 2. The number of rotatable bonds is 8. The van der Waals surface area contributed by atoms with E-state index in [0.717, 1.165) is 0 Å². The first kappa shape index (κ1) is 17.6. The Bertz CT molecular complexity index is 671. The maximum Gasteiger partial charge on any atom is 0.277 e. The topological polar surface area (TPSA) is 85.1 Å². The first-order chi connectivity index (χ1) is 11.1. The van der Waals surface area contributed by atoms with E-state index in [4.69, 9.17) is 4.42 Å². The molecule has 0 spiro atoms. The Morgan fingerprint density at radius 3 is 2.61 bits per heavy atom. The van der Waals surface area contributed by atoms with Crippen molar-refractivity contribution in [2.24, 2.45) is 0 Å². The van der Waals surface area contributed by atoms with Crippen LogP contribution in [0.2, 0.25) is 0 Å². The highest BCUT2D eigenvalue weighted by atomic mass is 32.2. The Morgan fingerprint density at radius 2 is 1.96 bits per heavy atom. The summed E-state index contributed by atoms with van der Waals surface area (Å²) in [6, 6.07) is 6.83. The maximum atomic E-state index is 12.1. The van der Waals surface area contributed by atoms with Crippen molar-refractivity contribution in [2.45, 2.75) is 24.3 Å². The molecule has 1 aromatic carbocycles. The molecule has 122 valence electrons. The predicted molar refractivity (Wildman–Crippen MR) is 91.9 cm³/mol. The number of aromatic nitrogens is 2. The number of nitrogens with zero attached hydrogens (tertiary/aromatic N) is 2. The molecule has 0 saturated carbocycles. The molecule has 1 amide bonds. The van der Waals surface area contributed by atoms with Crippen molar-refractivity contribution in [2.75, 3.05) is 17.3 Å². The number of Topliss-reactive ketones (excluding diaryl/α,β-unsaturated/α-hetero) is 1. The summed E-state index contributed by atoms with van der Waals surface area (Å²) in [4.78, 5) is 23.4. The summed E-state index contributed by atoms with van der Waals surface area (Å²) in [6.45, 7) is 1.78. The molecule has 0 atom stereocenters. The fourth-order valence-electron chi connectivity index (χ4n) is 1.68. The first-order valence-corrected chi connectivity index (χ1v) is 9.37. The molecule has 0 aliphatic heterocycles. The fourth-order valence-corrected chi connectivity index (χ4v) is 2.72. The Balaban J connectivity index is 1.88. The van der Waals surface area contributed by atoms with Crippen LogP contribution in [0.25, 0.3) is 0 Å². The third-order valence-electron chi connectivity index (χ3n) is 2.85. The highest BCUT2D eigenvalue weighted by Gasteiger charge is 2.11. The van der Waals surface area contributed by atoms with Crippen LogP contribution in [0.3, 0.4) is 0 Å². The van der Waals surface area contributed by atoms with Crippen LogP contribution in [0.15, 0.2) is 33.9 Å². The zero-order chi connectivity index (χ0) is 16.7. The Morgan fingerprint density at radius 1 is 1.22 bits per heavy atom. The molecule has 8 heteroatoms. The van der Waals surface area contributed by atoms with Crippen LogP contribution >= 0.6 is 23.5 Å². The summed E-state index contributed by atoms with van der Waals surface area (Å²) in [7, 11) is 0. The summed E-state index contributed by atoms with van der Waals surface area (Å²) in [6.07, 6.45) is 2.37. The van der Waals surface area contributed by atoms with E-state index >= 15 is 0 Å². The van der Waals surface area contributed by atoms with E-state index in [1.807, 2.05) is 6.26 Å². The van der Waals surface area contributed by atoms with Gasteiger partial charge in [-0.05, 0) is 30.5 Å². The molecule has 0 saturated heterocycles. The van der Waals surface area contributed by atoms with E-state index in [-0.39, 0.29) is 17.4 Å². The molecule has 2 aromatic rings. The van der Waals surface area contributed by atoms with Gasteiger partial charge in [-0.15, -0.1) is 10.2 Å². The van der Waals surface area contributed by atoms with Crippen molar-refractivity contribution in [3.8, 4) is 0 Å². The highest BCUT2D eigenvalue weighted by Crippen LogP contribution is 2.20. The zero-order valence-electron chi connectivity index (χ0n) is 12.9. The molecule has 0 aliphatic rings. The summed E-state index contributed by atoms with van der Waals surface area (Å²) in [5, 5.41) is 10.9. The van der Waals surface area contributed by atoms with Crippen molar-refractivity contribution in [3.05, 3.63) is 35.7 Å². The van der Waals surface area contributed by atoms with Crippen LogP contribution < -0.4 is 5.32 Å². The number of nitrogens with one attached hydrogen (secondary N) is 1.